The normalized spacial score (nSPS) is 10.4. The SMILES string of the molecule is Cc1cc(-n2ccnc2)ccc1CN. The Morgan fingerprint density at radius 3 is 2.86 bits per heavy atom. The standard InChI is InChI=1S/C11H13N3/c1-9-6-11(3-2-10(9)7-12)14-5-4-13-8-14/h2-6,8H,7,12H2,1H3. The van der Waals surface area contributed by atoms with Crippen LogP contribution in [-0.4, -0.2) is 9.55 Å². The summed E-state index contributed by atoms with van der Waals surface area (Å²) < 4.78 is 1.98. The summed E-state index contributed by atoms with van der Waals surface area (Å²) in [6.45, 7) is 2.67. The number of nitrogens with zero attached hydrogens (tertiary/aromatic N) is 2. The van der Waals surface area contributed by atoms with E-state index < -0.39 is 0 Å². The number of aromatic nitrogens is 2. The Balaban J connectivity index is 2.43. The van der Waals surface area contributed by atoms with Crippen LogP contribution in [0.25, 0.3) is 5.69 Å². The summed E-state index contributed by atoms with van der Waals surface area (Å²) >= 11 is 0. The molecule has 72 valence electrons. The molecule has 0 fully saturated rings. The van der Waals surface area contributed by atoms with E-state index in [1.807, 2.05) is 10.8 Å². The predicted molar refractivity (Wildman–Crippen MR) is 56.2 cm³/mol. The van der Waals surface area contributed by atoms with Crippen molar-refractivity contribution in [2.24, 2.45) is 5.73 Å². The van der Waals surface area contributed by atoms with Crippen LogP contribution in [-0.2, 0) is 6.54 Å². The lowest BCUT2D eigenvalue weighted by Crippen LogP contribution is -2.00. The van der Waals surface area contributed by atoms with Crippen LogP contribution in [0.2, 0.25) is 0 Å². The van der Waals surface area contributed by atoms with Crippen LogP contribution >= 0.6 is 0 Å². The summed E-state index contributed by atoms with van der Waals surface area (Å²) in [5.74, 6) is 0. The number of nitrogens with two attached hydrogens (primary N) is 1. The van der Waals surface area contributed by atoms with Crippen LogP contribution in [0.4, 0.5) is 0 Å². The molecule has 0 aliphatic rings. The molecule has 2 N–H and O–H groups in total. The topological polar surface area (TPSA) is 43.8 Å². The first-order chi connectivity index (χ1) is 6.81. The Morgan fingerprint density at radius 1 is 1.43 bits per heavy atom. The highest BCUT2D eigenvalue weighted by Gasteiger charge is 1.99. The maximum Gasteiger partial charge on any atom is 0.0991 e. The zero-order chi connectivity index (χ0) is 9.97. The molecule has 3 nitrogen and oxygen atoms in total. The van der Waals surface area contributed by atoms with Gasteiger partial charge in [-0.05, 0) is 30.2 Å². The molecule has 2 rings (SSSR count). The zero-order valence-electron chi connectivity index (χ0n) is 8.14. The molecule has 0 radical (unpaired) electrons. The van der Waals surface area contributed by atoms with Gasteiger partial charge < -0.3 is 10.3 Å². The number of aryl methyl sites for hydroxylation is 1. The van der Waals surface area contributed by atoms with Crippen LogP contribution in [0.5, 0.6) is 0 Å². The quantitative estimate of drug-likeness (QED) is 0.776. The first kappa shape index (κ1) is 8.97. The van der Waals surface area contributed by atoms with Crippen LogP contribution in [0.3, 0.4) is 0 Å². The summed E-state index contributed by atoms with van der Waals surface area (Å²) in [6.07, 6.45) is 5.49. The molecule has 0 saturated carbocycles. The first-order valence-electron chi connectivity index (χ1n) is 4.59. The van der Waals surface area contributed by atoms with Gasteiger partial charge in [0.2, 0.25) is 0 Å². The van der Waals surface area contributed by atoms with Gasteiger partial charge in [-0.1, -0.05) is 6.07 Å². The van der Waals surface area contributed by atoms with Crippen LogP contribution in [0, 0.1) is 6.92 Å². The minimum atomic E-state index is 0.593. The lowest BCUT2D eigenvalue weighted by Gasteiger charge is -2.06. The van der Waals surface area contributed by atoms with E-state index in [-0.39, 0.29) is 0 Å². The van der Waals surface area contributed by atoms with E-state index in [2.05, 4.69) is 30.1 Å². The molecular weight excluding hydrogens is 174 g/mol. The Morgan fingerprint density at radius 2 is 2.29 bits per heavy atom. The molecule has 1 heterocycles. The summed E-state index contributed by atoms with van der Waals surface area (Å²) in [6, 6.07) is 6.23. The van der Waals surface area contributed by atoms with Gasteiger partial charge in [0.25, 0.3) is 0 Å². The highest BCUT2D eigenvalue weighted by atomic mass is 15.0. The zero-order valence-corrected chi connectivity index (χ0v) is 8.14. The van der Waals surface area contributed by atoms with E-state index >= 15 is 0 Å². The molecule has 2 aromatic rings. The third kappa shape index (κ3) is 1.54. The van der Waals surface area contributed by atoms with Crippen molar-refractivity contribution in [2.45, 2.75) is 13.5 Å². The van der Waals surface area contributed by atoms with Crippen LogP contribution in [0.15, 0.2) is 36.9 Å². The molecule has 1 aromatic heterocycles. The van der Waals surface area contributed by atoms with E-state index in [9.17, 15) is 0 Å². The Hall–Kier alpha value is -1.61. The first-order valence-corrected chi connectivity index (χ1v) is 4.59. The van der Waals surface area contributed by atoms with E-state index in [0.29, 0.717) is 6.54 Å². The Bertz CT molecular complexity index is 418. The molecule has 3 heteroatoms. The van der Waals surface area contributed by atoms with Crippen molar-refractivity contribution in [1.82, 2.24) is 9.55 Å². The van der Waals surface area contributed by atoms with Gasteiger partial charge in [0.1, 0.15) is 0 Å². The molecule has 0 spiro atoms. The molecule has 0 amide bonds. The van der Waals surface area contributed by atoms with Gasteiger partial charge in [0.05, 0.1) is 6.33 Å². The second-order valence-electron chi connectivity index (χ2n) is 3.28. The van der Waals surface area contributed by atoms with E-state index in [1.165, 1.54) is 11.1 Å². The van der Waals surface area contributed by atoms with Crippen LogP contribution < -0.4 is 5.73 Å². The molecule has 0 saturated heterocycles. The molecular formula is C11H13N3. The summed E-state index contributed by atoms with van der Waals surface area (Å²) in [7, 11) is 0. The van der Waals surface area contributed by atoms with E-state index in [0.717, 1.165) is 5.69 Å². The van der Waals surface area contributed by atoms with Crippen molar-refractivity contribution in [3.63, 3.8) is 0 Å². The smallest absolute Gasteiger partial charge is 0.0991 e. The van der Waals surface area contributed by atoms with Gasteiger partial charge in [-0.25, -0.2) is 4.98 Å². The Labute approximate surface area is 83.2 Å². The lowest BCUT2D eigenvalue weighted by molar-refractivity contribution is 1.02. The highest BCUT2D eigenvalue weighted by molar-refractivity contribution is 5.39. The van der Waals surface area contributed by atoms with E-state index in [1.54, 1.807) is 12.5 Å². The minimum absolute atomic E-state index is 0.593. The van der Waals surface area contributed by atoms with Crippen molar-refractivity contribution in [3.8, 4) is 5.69 Å². The average molecular weight is 187 g/mol. The van der Waals surface area contributed by atoms with Crippen molar-refractivity contribution in [1.29, 1.82) is 0 Å². The summed E-state index contributed by atoms with van der Waals surface area (Å²) in [4.78, 5) is 4.01. The number of hydrogen-bond donors (Lipinski definition) is 1. The van der Waals surface area contributed by atoms with E-state index in [4.69, 9.17) is 5.73 Å². The third-order valence-corrected chi connectivity index (χ3v) is 2.35. The van der Waals surface area contributed by atoms with Gasteiger partial charge in [0, 0.05) is 24.6 Å². The molecule has 0 bridgehead atoms. The van der Waals surface area contributed by atoms with Gasteiger partial charge in [0.15, 0.2) is 0 Å². The Kier molecular flexibility index (Phi) is 2.33. The number of rotatable bonds is 2. The van der Waals surface area contributed by atoms with Crippen LogP contribution in [0.1, 0.15) is 11.1 Å². The van der Waals surface area contributed by atoms with Crippen molar-refractivity contribution >= 4 is 0 Å². The second-order valence-corrected chi connectivity index (χ2v) is 3.28. The summed E-state index contributed by atoms with van der Waals surface area (Å²) in [5, 5.41) is 0. The second kappa shape index (κ2) is 3.64. The number of hydrogen-bond acceptors (Lipinski definition) is 2. The molecule has 14 heavy (non-hydrogen) atoms. The fourth-order valence-corrected chi connectivity index (χ4v) is 1.48. The van der Waals surface area contributed by atoms with Crippen molar-refractivity contribution in [2.75, 3.05) is 0 Å². The van der Waals surface area contributed by atoms with Gasteiger partial charge in [-0.2, -0.15) is 0 Å². The largest absolute Gasteiger partial charge is 0.326 e. The number of benzene rings is 1. The van der Waals surface area contributed by atoms with Crippen molar-refractivity contribution in [3.05, 3.63) is 48.0 Å². The highest BCUT2D eigenvalue weighted by Crippen LogP contribution is 2.13. The summed E-state index contributed by atoms with van der Waals surface area (Å²) in [5.41, 5.74) is 9.13. The minimum Gasteiger partial charge on any atom is -0.326 e. The monoisotopic (exact) mass is 187 g/mol. The fourth-order valence-electron chi connectivity index (χ4n) is 1.48. The molecule has 0 aliphatic heterocycles. The molecule has 0 aliphatic carbocycles. The molecule has 1 aromatic carbocycles. The van der Waals surface area contributed by atoms with Gasteiger partial charge in [-0.3, -0.25) is 0 Å². The predicted octanol–water partition coefficient (Wildman–Crippen LogP) is 1.64. The molecule has 0 atom stereocenters. The third-order valence-electron chi connectivity index (χ3n) is 2.35. The van der Waals surface area contributed by atoms with Crippen molar-refractivity contribution < 1.29 is 0 Å². The maximum atomic E-state index is 5.60. The fraction of sp³-hybridized carbons (Fsp3) is 0.182. The van der Waals surface area contributed by atoms with Gasteiger partial charge in [-0.15, -0.1) is 0 Å². The lowest BCUT2D eigenvalue weighted by atomic mass is 10.1. The van der Waals surface area contributed by atoms with Gasteiger partial charge >= 0.3 is 0 Å². The average Bonchev–Trinajstić information content (AvgIpc) is 2.70. The maximum absolute atomic E-state index is 5.60. The molecule has 0 unspecified atom stereocenters. The number of imidazole rings is 1.